The lowest BCUT2D eigenvalue weighted by Gasteiger charge is -2.25. The minimum Gasteiger partial charge on any atom is -0.504 e. The van der Waals surface area contributed by atoms with Gasteiger partial charge in [-0.15, -0.1) is 0 Å². The van der Waals surface area contributed by atoms with Crippen LogP contribution in [0, 0.1) is 0 Å². The Morgan fingerprint density at radius 2 is 2.00 bits per heavy atom. The summed E-state index contributed by atoms with van der Waals surface area (Å²) in [4.78, 5) is 27.7. The Morgan fingerprint density at radius 3 is 2.80 bits per heavy atom. The second-order valence-electron chi connectivity index (χ2n) is 5.90. The van der Waals surface area contributed by atoms with Crippen molar-refractivity contribution in [3.05, 3.63) is 63.9 Å². The molecule has 0 fully saturated rings. The van der Waals surface area contributed by atoms with Crippen molar-refractivity contribution in [3.8, 4) is 17.2 Å². The van der Waals surface area contributed by atoms with Gasteiger partial charge >= 0.3 is 5.97 Å². The SMILES string of the molecule is COc1cc([C@H]2CC(=O)Oc3c2c(=O)[nH]c2ccccc32)ccc1O. The predicted octanol–water partition coefficient (Wildman–Crippen LogP) is 2.68. The topological polar surface area (TPSA) is 88.6 Å². The molecule has 0 saturated heterocycles. The van der Waals surface area contributed by atoms with Crippen LogP contribution in [-0.2, 0) is 4.79 Å². The summed E-state index contributed by atoms with van der Waals surface area (Å²) in [6.45, 7) is 0. The molecule has 3 aromatic rings. The van der Waals surface area contributed by atoms with E-state index in [0.717, 1.165) is 0 Å². The number of phenolic OH excluding ortho intramolecular Hbond substituents is 1. The van der Waals surface area contributed by atoms with Gasteiger partial charge in [0.25, 0.3) is 5.56 Å². The first kappa shape index (κ1) is 15.3. The first-order valence-electron chi connectivity index (χ1n) is 7.81. The number of ether oxygens (including phenoxy) is 2. The highest BCUT2D eigenvalue weighted by Gasteiger charge is 2.33. The maximum atomic E-state index is 12.7. The minimum absolute atomic E-state index is 0.00252. The van der Waals surface area contributed by atoms with E-state index in [1.165, 1.54) is 13.2 Å². The average Bonchev–Trinajstić information content (AvgIpc) is 2.61. The monoisotopic (exact) mass is 337 g/mol. The molecule has 2 N–H and O–H groups in total. The van der Waals surface area contributed by atoms with Crippen molar-refractivity contribution in [1.82, 2.24) is 4.98 Å². The zero-order valence-corrected chi connectivity index (χ0v) is 13.4. The maximum Gasteiger partial charge on any atom is 0.312 e. The van der Waals surface area contributed by atoms with E-state index in [9.17, 15) is 14.7 Å². The molecule has 1 aliphatic heterocycles. The number of carbonyl (C=O) groups excluding carboxylic acids is 1. The van der Waals surface area contributed by atoms with Gasteiger partial charge in [-0.1, -0.05) is 18.2 Å². The number of nitrogens with one attached hydrogen (secondary N) is 1. The van der Waals surface area contributed by atoms with Crippen molar-refractivity contribution < 1.29 is 19.4 Å². The number of hydrogen-bond acceptors (Lipinski definition) is 5. The molecule has 2 heterocycles. The van der Waals surface area contributed by atoms with Gasteiger partial charge in [-0.2, -0.15) is 0 Å². The molecule has 6 nitrogen and oxygen atoms in total. The average molecular weight is 337 g/mol. The van der Waals surface area contributed by atoms with E-state index in [0.29, 0.717) is 27.8 Å². The number of methoxy groups -OCH3 is 1. The lowest BCUT2D eigenvalue weighted by Crippen LogP contribution is -2.28. The van der Waals surface area contributed by atoms with Gasteiger partial charge in [-0.3, -0.25) is 9.59 Å². The molecule has 126 valence electrons. The standard InChI is InChI=1S/C19H15NO5/c1-24-15-8-10(6-7-14(15)21)12-9-16(22)25-18-11-4-2-3-5-13(11)20-19(23)17(12)18/h2-8,12,21H,9H2,1H3,(H,20,23)/t12-/m1/s1. The molecule has 0 bridgehead atoms. The van der Waals surface area contributed by atoms with Crippen LogP contribution in [0.5, 0.6) is 17.2 Å². The molecule has 25 heavy (non-hydrogen) atoms. The highest BCUT2D eigenvalue weighted by molar-refractivity contribution is 5.91. The largest absolute Gasteiger partial charge is 0.504 e. The summed E-state index contributed by atoms with van der Waals surface area (Å²) in [5, 5.41) is 10.5. The smallest absolute Gasteiger partial charge is 0.312 e. The third kappa shape index (κ3) is 2.42. The van der Waals surface area contributed by atoms with Crippen LogP contribution in [0.25, 0.3) is 10.9 Å². The minimum atomic E-state index is -0.473. The van der Waals surface area contributed by atoms with Crippen LogP contribution in [-0.4, -0.2) is 23.2 Å². The first-order chi connectivity index (χ1) is 12.1. The summed E-state index contributed by atoms with van der Waals surface area (Å²) in [6.07, 6.45) is 0.0440. The molecule has 0 amide bonds. The maximum absolute atomic E-state index is 12.7. The number of rotatable bonds is 2. The van der Waals surface area contributed by atoms with Crippen molar-refractivity contribution in [1.29, 1.82) is 0 Å². The number of aromatic amines is 1. The zero-order chi connectivity index (χ0) is 17.6. The van der Waals surface area contributed by atoms with Crippen molar-refractivity contribution in [2.45, 2.75) is 12.3 Å². The molecular formula is C19H15NO5. The molecule has 0 aliphatic carbocycles. The summed E-state index contributed by atoms with van der Waals surface area (Å²) in [6, 6.07) is 12.0. The van der Waals surface area contributed by atoms with E-state index >= 15 is 0 Å². The summed E-state index contributed by atoms with van der Waals surface area (Å²) >= 11 is 0. The summed E-state index contributed by atoms with van der Waals surface area (Å²) < 4.78 is 10.6. The van der Waals surface area contributed by atoms with E-state index in [-0.39, 0.29) is 23.5 Å². The van der Waals surface area contributed by atoms with Crippen molar-refractivity contribution in [3.63, 3.8) is 0 Å². The Morgan fingerprint density at radius 1 is 1.20 bits per heavy atom. The normalized spacial score (nSPS) is 16.4. The van der Waals surface area contributed by atoms with Gasteiger partial charge in [0.2, 0.25) is 0 Å². The molecule has 0 radical (unpaired) electrons. The van der Waals surface area contributed by atoms with Crippen LogP contribution in [0.3, 0.4) is 0 Å². The molecule has 4 rings (SSSR count). The predicted molar refractivity (Wildman–Crippen MR) is 91.3 cm³/mol. The fraction of sp³-hybridized carbons (Fsp3) is 0.158. The fourth-order valence-electron chi connectivity index (χ4n) is 3.27. The lowest BCUT2D eigenvalue weighted by molar-refractivity contribution is -0.135. The molecule has 2 aromatic carbocycles. The van der Waals surface area contributed by atoms with Crippen molar-refractivity contribution >= 4 is 16.9 Å². The Balaban J connectivity index is 1.97. The van der Waals surface area contributed by atoms with Gasteiger partial charge in [0, 0.05) is 11.3 Å². The summed E-state index contributed by atoms with van der Waals surface area (Å²) in [7, 11) is 1.45. The number of hydrogen-bond donors (Lipinski definition) is 2. The third-order valence-corrected chi connectivity index (χ3v) is 4.45. The number of pyridine rings is 1. The molecule has 1 atom stereocenters. The number of benzene rings is 2. The molecule has 0 unspecified atom stereocenters. The van der Waals surface area contributed by atoms with Gasteiger partial charge in [0.05, 0.1) is 24.6 Å². The Bertz CT molecular complexity index is 1050. The number of fused-ring (bicyclic) bond motifs is 3. The van der Waals surface area contributed by atoms with E-state index in [1.807, 2.05) is 6.07 Å². The molecule has 0 saturated carbocycles. The quantitative estimate of drug-likeness (QED) is 0.702. The number of esters is 1. The van der Waals surface area contributed by atoms with E-state index in [1.54, 1.807) is 30.3 Å². The lowest BCUT2D eigenvalue weighted by atomic mass is 9.86. The Hall–Kier alpha value is -3.28. The molecule has 6 heteroatoms. The highest BCUT2D eigenvalue weighted by atomic mass is 16.5. The van der Waals surface area contributed by atoms with Crippen LogP contribution in [0.2, 0.25) is 0 Å². The van der Waals surface area contributed by atoms with E-state index in [4.69, 9.17) is 9.47 Å². The number of carbonyl (C=O) groups is 1. The molecule has 1 aliphatic rings. The molecule has 1 aromatic heterocycles. The van der Waals surface area contributed by atoms with Crippen molar-refractivity contribution in [2.24, 2.45) is 0 Å². The Kier molecular flexibility index (Phi) is 3.46. The van der Waals surface area contributed by atoms with Gasteiger partial charge in [-0.25, -0.2) is 0 Å². The fourth-order valence-corrected chi connectivity index (χ4v) is 3.27. The Labute approximate surface area is 142 Å². The zero-order valence-electron chi connectivity index (χ0n) is 13.4. The summed E-state index contributed by atoms with van der Waals surface area (Å²) in [5.41, 5.74) is 1.43. The second-order valence-corrected chi connectivity index (χ2v) is 5.90. The first-order valence-corrected chi connectivity index (χ1v) is 7.81. The molecular weight excluding hydrogens is 322 g/mol. The summed E-state index contributed by atoms with van der Waals surface area (Å²) in [5.74, 6) is -0.292. The number of H-pyrrole nitrogens is 1. The van der Waals surface area contributed by atoms with Crippen molar-refractivity contribution in [2.75, 3.05) is 7.11 Å². The van der Waals surface area contributed by atoms with Gasteiger partial charge < -0.3 is 19.6 Å². The highest BCUT2D eigenvalue weighted by Crippen LogP contribution is 2.41. The number of phenols is 1. The van der Waals surface area contributed by atoms with Crippen LogP contribution < -0.4 is 15.0 Å². The molecule has 0 spiro atoms. The van der Waals surface area contributed by atoms with Crippen LogP contribution in [0.4, 0.5) is 0 Å². The van der Waals surface area contributed by atoms with E-state index in [2.05, 4.69) is 4.98 Å². The number of aromatic hydroxyl groups is 1. The third-order valence-electron chi connectivity index (χ3n) is 4.45. The van der Waals surface area contributed by atoms with Gasteiger partial charge in [0.1, 0.15) is 5.75 Å². The second kappa shape index (κ2) is 5.66. The van der Waals surface area contributed by atoms with Crippen LogP contribution >= 0.6 is 0 Å². The van der Waals surface area contributed by atoms with Gasteiger partial charge in [-0.05, 0) is 29.8 Å². The van der Waals surface area contributed by atoms with Gasteiger partial charge in [0.15, 0.2) is 11.5 Å². The van der Waals surface area contributed by atoms with E-state index < -0.39 is 11.9 Å². The number of para-hydroxylation sites is 1. The van der Waals surface area contributed by atoms with Crippen LogP contribution in [0.15, 0.2) is 47.3 Å². The number of aromatic nitrogens is 1. The van der Waals surface area contributed by atoms with Crippen LogP contribution in [0.1, 0.15) is 23.5 Å².